The Morgan fingerprint density at radius 3 is 2.48 bits per heavy atom. The monoisotopic (exact) mass is 332 g/mol. The van der Waals surface area contributed by atoms with Gasteiger partial charge in [-0.2, -0.15) is 5.10 Å². The number of oxazole rings is 1. The van der Waals surface area contributed by atoms with Crippen LogP contribution in [-0.4, -0.2) is 14.8 Å². The normalized spacial score (nSPS) is 14.5. The van der Waals surface area contributed by atoms with Crippen molar-refractivity contribution in [3.8, 4) is 17.1 Å². The molecule has 5 heteroatoms. The SMILES string of the molecule is [C-]#[N+]c1nc(C2CC2)oc1-n1ccc(-c2ccc(C(C)(C)C)cc2)n1. The molecule has 5 nitrogen and oxygen atoms in total. The van der Waals surface area contributed by atoms with Gasteiger partial charge >= 0.3 is 5.82 Å². The fourth-order valence-corrected chi connectivity index (χ4v) is 2.78. The van der Waals surface area contributed by atoms with E-state index in [0.717, 1.165) is 24.1 Å². The van der Waals surface area contributed by atoms with Gasteiger partial charge in [-0.1, -0.05) is 56.6 Å². The molecular formula is C20H20N4O. The van der Waals surface area contributed by atoms with Crippen LogP contribution < -0.4 is 0 Å². The smallest absolute Gasteiger partial charge is 0.335 e. The average Bonchev–Trinajstić information content (AvgIpc) is 3.17. The van der Waals surface area contributed by atoms with Crippen LogP contribution in [0.1, 0.15) is 51.0 Å². The Labute approximate surface area is 147 Å². The van der Waals surface area contributed by atoms with E-state index in [9.17, 15) is 0 Å². The Balaban J connectivity index is 1.65. The number of hydrogen-bond donors (Lipinski definition) is 0. The van der Waals surface area contributed by atoms with Gasteiger partial charge in [-0.3, -0.25) is 0 Å². The number of rotatable bonds is 3. The first-order valence-corrected chi connectivity index (χ1v) is 8.51. The molecule has 0 atom stereocenters. The van der Waals surface area contributed by atoms with E-state index in [0.29, 0.717) is 17.7 Å². The van der Waals surface area contributed by atoms with Gasteiger partial charge in [0, 0.05) is 11.8 Å². The highest BCUT2D eigenvalue weighted by molar-refractivity contribution is 5.60. The minimum atomic E-state index is 0.126. The second kappa shape index (κ2) is 5.59. The topological polar surface area (TPSA) is 48.2 Å². The summed E-state index contributed by atoms with van der Waals surface area (Å²) in [5.74, 6) is 1.72. The summed E-state index contributed by atoms with van der Waals surface area (Å²) in [6.45, 7) is 13.9. The summed E-state index contributed by atoms with van der Waals surface area (Å²) in [5, 5.41) is 4.58. The van der Waals surface area contributed by atoms with E-state index >= 15 is 0 Å². The molecule has 0 unspecified atom stereocenters. The fraction of sp³-hybridized carbons (Fsp3) is 0.350. The molecule has 0 aliphatic heterocycles. The lowest BCUT2D eigenvalue weighted by Gasteiger charge is -2.18. The fourth-order valence-electron chi connectivity index (χ4n) is 2.78. The molecule has 2 heterocycles. The molecule has 1 aliphatic rings. The van der Waals surface area contributed by atoms with E-state index in [1.54, 1.807) is 4.68 Å². The molecule has 2 aromatic heterocycles. The van der Waals surface area contributed by atoms with Crippen LogP contribution >= 0.6 is 0 Å². The quantitative estimate of drug-likeness (QED) is 0.615. The summed E-state index contributed by atoms with van der Waals surface area (Å²) in [4.78, 5) is 7.79. The second-order valence-electron chi connectivity index (χ2n) is 7.54. The van der Waals surface area contributed by atoms with Crippen molar-refractivity contribution >= 4 is 5.82 Å². The zero-order chi connectivity index (χ0) is 17.6. The molecule has 0 radical (unpaired) electrons. The molecule has 1 aromatic carbocycles. The molecule has 4 rings (SSSR count). The third kappa shape index (κ3) is 2.96. The van der Waals surface area contributed by atoms with Crippen LogP contribution in [0.3, 0.4) is 0 Å². The van der Waals surface area contributed by atoms with Crippen LogP contribution in [0.2, 0.25) is 0 Å². The van der Waals surface area contributed by atoms with Gasteiger partial charge in [-0.05, 0) is 29.9 Å². The molecule has 3 aromatic rings. The number of aromatic nitrogens is 3. The summed E-state index contributed by atoms with van der Waals surface area (Å²) >= 11 is 0. The van der Waals surface area contributed by atoms with Gasteiger partial charge in [0.05, 0.1) is 11.6 Å². The first kappa shape index (κ1) is 15.6. The second-order valence-corrected chi connectivity index (χ2v) is 7.54. The first-order chi connectivity index (χ1) is 12.0. The molecule has 0 spiro atoms. The van der Waals surface area contributed by atoms with Gasteiger partial charge in [0.2, 0.25) is 5.88 Å². The van der Waals surface area contributed by atoms with Crippen molar-refractivity contribution in [1.82, 2.24) is 14.8 Å². The van der Waals surface area contributed by atoms with Crippen molar-refractivity contribution in [2.45, 2.75) is 44.9 Å². The van der Waals surface area contributed by atoms with Gasteiger partial charge in [0.15, 0.2) is 0 Å². The summed E-state index contributed by atoms with van der Waals surface area (Å²) in [6, 6.07) is 10.4. The number of hydrogen-bond acceptors (Lipinski definition) is 3. The van der Waals surface area contributed by atoms with Crippen molar-refractivity contribution in [2.75, 3.05) is 0 Å². The predicted molar refractivity (Wildman–Crippen MR) is 96.0 cm³/mol. The molecule has 1 saturated carbocycles. The highest BCUT2D eigenvalue weighted by Gasteiger charge is 2.34. The van der Waals surface area contributed by atoms with Crippen molar-refractivity contribution in [3.05, 3.63) is 59.4 Å². The third-order valence-electron chi connectivity index (χ3n) is 4.48. The van der Waals surface area contributed by atoms with Crippen molar-refractivity contribution in [2.24, 2.45) is 0 Å². The molecule has 0 saturated heterocycles. The highest BCUT2D eigenvalue weighted by atomic mass is 16.4. The summed E-state index contributed by atoms with van der Waals surface area (Å²) in [6.07, 6.45) is 3.99. The van der Waals surface area contributed by atoms with E-state index in [2.05, 4.69) is 60.0 Å². The van der Waals surface area contributed by atoms with Crippen LogP contribution in [-0.2, 0) is 5.41 Å². The van der Waals surface area contributed by atoms with Gasteiger partial charge in [-0.15, -0.1) is 0 Å². The lowest BCUT2D eigenvalue weighted by Crippen LogP contribution is -2.10. The van der Waals surface area contributed by atoms with Gasteiger partial charge in [-0.25, -0.2) is 4.68 Å². The summed E-state index contributed by atoms with van der Waals surface area (Å²) < 4.78 is 7.41. The van der Waals surface area contributed by atoms with Gasteiger partial charge < -0.3 is 9.26 Å². The Bertz CT molecular complexity index is 947. The molecule has 1 fully saturated rings. The van der Waals surface area contributed by atoms with Crippen molar-refractivity contribution in [1.29, 1.82) is 0 Å². The lowest BCUT2D eigenvalue weighted by atomic mass is 9.86. The summed E-state index contributed by atoms with van der Waals surface area (Å²) in [7, 11) is 0. The zero-order valence-electron chi connectivity index (χ0n) is 14.7. The van der Waals surface area contributed by atoms with E-state index in [4.69, 9.17) is 11.0 Å². The van der Waals surface area contributed by atoms with Crippen LogP contribution in [0.4, 0.5) is 5.82 Å². The summed E-state index contributed by atoms with van der Waals surface area (Å²) in [5.41, 5.74) is 3.30. The molecule has 126 valence electrons. The van der Waals surface area contributed by atoms with E-state index < -0.39 is 0 Å². The van der Waals surface area contributed by atoms with E-state index in [1.165, 1.54) is 5.56 Å². The predicted octanol–water partition coefficient (Wildman–Crippen LogP) is 5.25. The van der Waals surface area contributed by atoms with Crippen LogP contribution in [0.25, 0.3) is 22.0 Å². The minimum Gasteiger partial charge on any atom is -0.414 e. The standard InChI is InChI=1S/C20H20N4O/c1-20(2,3)15-9-7-13(8-10-15)16-11-12-24(23-16)19-17(21-4)22-18(25-19)14-5-6-14/h7-12,14H,5-6H2,1-3H3. The maximum absolute atomic E-state index is 7.32. The van der Waals surface area contributed by atoms with E-state index in [1.807, 2.05) is 12.3 Å². The highest BCUT2D eigenvalue weighted by Crippen LogP contribution is 2.42. The first-order valence-electron chi connectivity index (χ1n) is 8.51. The maximum Gasteiger partial charge on any atom is 0.335 e. The molecule has 0 N–H and O–H groups in total. The lowest BCUT2D eigenvalue weighted by molar-refractivity contribution is 0.470. The molecule has 0 bridgehead atoms. The van der Waals surface area contributed by atoms with Gasteiger partial charge in [0.25, 0.3) is 5.89 Å². The Kier molecular flexibility index (Phi) is 3.50. The molecule has 1 aliphatic carbocycles. The number of benzene rings is 1. The van der Waals surface area contributed by atoms with Crippen LogP contribution in [0.5, 0.6) is 0 Å². The zero-order valence-corrected chi connectivity index (χ0v) is 14.7. The Hall–Kier alpha value is -2.87. The van der Waals surface area contributed by atoms with Crippen molar-refractivity contribution in [3.63, 3.8) is 0 Å². The maximum atomic E-state index is 7.32. The largest absolute Gasteiger partial charge is 0.414 e. The Morgan fingerprint density at radius 2 is 1.88 bits per heavy atom. The number of nitrogens with zero attached hydrogens (tertiary/aromatic N) is 4. The van der Waals surface area contributed by atoms with Crippen LogP contribution in [0, 0.1) is 6.57 Å². The minimum absolute atomic E-state index is 0.126. The van der Waals surface area contributed by atoms with E-state index in [-0.39, 0.29) is 11.2 Å². The van der Waals surface area contributed by atoms with Gasteiger partial charge in [0.1, 0.15) is 0 Å². The Morgan fingerprint density at radius 1 is 1.16 bits per heavy atom. The van der Waals surface area contributed by atoms with Crippen molar-refractivity contribution < 1.29 is 4.42 Å². The van der Waals surface area contributed by atoms with Crippen LogP contribution in [0.15, 0.2) is 40.9 Å². The molecular weight excluding hydrogens is 312 g/mol. The molecule has 25 heavy (non-hydrogen) atoms. The third-order valence-corrected chi connectivity index (χ3v) is 4.48. The molecule has 0 amide bonds. The average molecular weight is 332 g/mol.